The molecule has 1 atom stereocenters. The van der Waals surface area contributed by atoms with Crippen molar-refractivity contribution in [2.45, 2.75) is 26.0 Å². The molecular formula is C7H12N4O2. The molecule has 1 unspecified atom stereocenters. The molecule has 1 heterocycles. The van der Waals surface area contributed by atoms with Gasteiger partial charge in [0.2, 0.25) is 5.91 Å². The molecular weight excluding hydrogens is 172 g/mol. The number of nitrogens with zero attached hydrogens (tertiary/aromatic N) is 3. The number of amides is 1. The maximum absolute atomic E-state index is 10.5. The van der Waals surface area contributed by atoms with Crippen LogP contribution in [0.3, 0.4) is 0 Å². The van der Waals surface area contributed by atoms with Gasteiger partial charge in [-0.15, -0.1) is 5.10 Å². The van der Waals surface area contributed by atoms with Crippen molar-refractivity contribution < 1.29 is 9.90 Å². The predicted octanol–water partition coefficient (Wildman–Crippen LogP) is -0.793. The minimum atomic E-state index is -0.623. The first-order valence-corrected chi connectivity index (χ1v) is 4.00. The van der Waals surface area contributed by atoms with E-state index in [0.717, 1.165) is 0 Å². The van der Waals surface area contributed by atoms with Gasteiger partial charge in [-0.2, -0.15) is 0 Å². The predicted molar refractivity (Wildman–Crippen MR) is 44.5 cm³/mol. The van der Waals surface area contributed by atoms with E-state index in [-0.39, 0.29) is 6.54 Å². The maximum atomic E-state index is 10.5. The fourth-order valence-corrected chi connectivity index (χ4v) is 0.912. The summed E-state index contributed by atoms with van der Waals surface area (Å²) in [7, 11) is 0. The molecule has 0 bridgehead atoms. The van der Waals surface area contributed by atoms with Crippen LogP contribution in [0.25, 0.3) is 0 Å². The number of aliphatic hydroxyl groups excluding tert-OH is 1. The molecule has 0 saturated heterocycles. The molecule has 0 aromatic carbocycles. The van der Waals surface area contributed by atoms with Crippen LogP contribution in [-0.4, -0.2) is 26.0 Å². The molecule has 0 radical (unpaired) electrons. The molecule has 13 heavy (non-hydrogen) atoms. The molecule has 0 fully saturated rings. The Morgan fingerprint density at radius 1 is 1.85 bits per heavy atom. The van der Waals surface area contributed by atoms with Crippen molar-refractivity contribution in [2.24, 2.45) is 5.73 Å². The Bertz CT molecular complexity index is 296. The van der Waals surface area contributed by atoms with Crippen LogP contribution < -0.4 is 5.73 Å². The zero-order valence-corrected chi connectivity index (χ0v) is 7.34. The highest BCUT2D eigenvalue weighted by atomic mass is 16.3. The molecule has 1 rings (SSSR count). The number of aliphatic hydroxyl groups is 1. The van der Waals surface area contributed by atoms with E-state index in [1.807, 2.05) is 6.92 Å². The van der Waals surface area contributed by atoms with E-state index < -0.39 is 12.0 Å². The first-order valence-electron chi connectivity index (χ1n) is 4.00. The van der Waals surface area contributed by atoms with Crippen molar-refractivity contribution in [3.05, 3.63) is 11.9 Å². The van der Waals surface area contributed by atoms with Crippen LogP contribution in [0.1, 0.15) is 25.1 Å². The van der Waals surface area contributed by atoms with Gasteiger partial charge in [-0.1, -0.05) is 12.1 Å². The standard InChI is InChI=1S/C7H12N4O2/c1-2-6(12)5-3-11(10-9-5)4-7(8)13/h3,6,12H,2,4H2,1H3,(H2,8,13). The second-order valence-electron chi connectivity index (χ2n) is 2.73. The van der Waals surface area contributed by atoms with Gasteiger partial charge in [0.15, 0.2) is 0 Å². The lowest BCUT2D eigenvalue weighted by Crippen LogP contribution is -2.18. The van der Waals surface area contributed by atoms with Crippen molar-refractivity contribution in [3.63, 3.8) is 0 Å². The molecule has 1 amide bonds. The smallest absolute Gasteiger partial charge is 0.239 e. The molecule has 3 N–H and O–H groups in total. The molecule has 0 aliphatic rings. The summed E-state index contributed by atoms with van der Waals surface area (Å²) in [5.74, 6) is -0.484. The van der Waals surface area contributed by atoms with Gasteiger partial charge < -0.3 is 10.8 Å². The van der Waals surface area contributed by atoms with Gasteiger partial charge in [0.1, 0.15) is 12.2 Å². The minimum absolute atomic E-state index is 0.0105. The first kappa shape index (κ1) is 9.66. The van der Waals surface area contributed by atoms with Crippen LogP contribution in [-0.2, 0) is 11.3 Å². The summed E-state index contributed by atoms with van der Waals surface area (Å²) in [4.78, 5) is 10.5. The molecule has 0 aliphatic carbocycles. The molecule has 1 aromatic heterocycles. The van der Waals surface area contributed by atoms with Gasteiger partial charge in [-0.05, 0) is 6.42 Å². The summed E-state index contributed by atoms with van der Waals surface area (Å²) >= 11 is 0. The monoisotopic (exact) mass is 184 g/mol. The fraction of sp³-hybridized carbons (Fsp3) is 0.571. The fourth-order valence-electron chi connectivity index (χ4n) is 0.912. The number of nitrogens with two attached hydrogens (primary N) is 1. The number of primary amides is 1. The maximum Gasteiger partial charge on any atom is 0.239 e. The summed E-state index contributed by atoms with van der Waals surface area (Å²) in [5.41, 5.74) is 5.41. The summed E-state index contributed by atoms with van der Waals surface area (Å²) in [6, 6.07) is 0. The third-order valence-corrected chi connectivity index (χ3v) is 1.60. The number of rotatable bonds is 4. The van der Waals surface area contributed by atoms with Crippen molar-refractivity contribution in [1.82, 2.24) is 15.0 Å². The molecule has 0 spiro atoms. The third kappa shape index (κ3) is 2.51. The molecule has 6 heteroatoms. The van der Waals surface area contributed by atoms with Gasteiger partial charge in [-0.3, -0.25) is 4.79 Å². The van der Waals surface area contributed by atoms with E-state index in [0.29, 0.717) is 12.1 Å². The second kappa shape index (κ2) is 3.99. The largest absolute Gasteiger partial charge is 0.387 e. The number of carbonyl (C=O) groups is 1. The lowest BCUT2D eigenvalue weighted by Gasteiger charge is -2.00. The van der Waals surface area contributed by atoms with E-state index in [9.17, 15) is 9.90 Å². The number of hydrogen-bond donors (Lipinski definition) is 2. The Balaban J connectivity index is 2.68. The van der Waals surface area contributed by atoms with E-state index in [1.165, 1.54) is 10.9 Å². The lowest BCUT2D eigenvalue weighted by atomic mass is 10.2. The molecule has 0 saturated carbocycles. The molecule has 0 aliphatic heterocycles. The number of carbonyl (C=O) groups excluding carboxylic acids is 1. The normalized spacial score (nSPS) is 12.8. The van der Waals surface area contributed by atoms with Gasteiger partial charge in [0.25, 0.3) is 0 Å². The topological polar surface area (TPSA) is 94.0 Å². The third-order valence-electron chi connectivity index (χ3n) is 1.60. The van der Waals surface area contributed by atoms with Crippen LogP contribution in [0, 0.1) is 0 Å². The average Bonchev–Trinajstić information content (AvgIpc) is 2.50. The highest BCUT2D eigenvalue weighted by molar-refractivity contribution is 5.73. The molecule has 6 nitrogen and oxygen atoms in total. The number of hydrogen-bond acceptors (Lipinski definition) is 4. The van der Waals surface area contributed by atoms with Gasteiger partial charge in [0, 0.05) is 0 Å². The van der Waals surface area contributed by atoms with E-state index in [2.05, 4.69) is 10.3 Å². The van der Waals surface area contributed by atoms with E-state index >= 15 is 0 Å². The highest BCUT2D eigenvalue weighted by Gasteiger charge is 2.09. The highest BCUT2D eigenvalue weighted by Crippen LogP contribution is 2.11. The van der Waals surface area contributed by atoms with Crippen LogP contribution in [0.2, 0.25) is 0 Å². The van der Waals surface area contributed by atoms with Crippen LogP contribution in [0.4, 0.5) is 0 Å². The molecule has 72 valence electrons. The van der Waals surface area contributed by atoms with E-state index in [4.69, 9.17) is 5.73 Å². The van der Waals surface area contributed by atoms with Gasteiger partial charge >= 0.3 is 0 Å². The quantitative estimate of drug-likeness (QED) is 0.641. The Morgan fingerprint density at radius 3 is 3.08 bits per heavy atom. The van der Waals surface area contributed by atoms with Crippen LogP contribution in [0.15, 0.2) is 6.20 Å². The number of aromatic nitrogens is 3. The minimum Gasteiger partial charge on any atom is -0.387 e. The van der Waals surface area contributed by atoms with Gasteiger partial charge in [-0.25, -0.2) is 4.68 Å². The summed E-state index contributed by atoms with van der Waals surface area (Å²) in [6.45, 7) is 1.82. The van der Waals surface area contributed by atoms with Crippen molar-refractivity contribution in [2.75, 3.05) is 0 Å². The SMILES string of the molecule is CCC(O)c1cn(CC(N)=O)nn1. The average molecular weight is 184 g/mol. The zero-order valence-electron chi connectivity index (χ0n) is 7.34. The van der Waals surface area contributed by atoms with Gasteiger partial charge in [0.05, 0.1) is 12.3 Å². The van der Waals surface area contributed by atoms with Crippen molar-refractivity contribution in [1.29, 1.82) is 0 Å². The van der Waals surface area contributed by atoms with Crippen molar-refractivity contribution >= 4 is 5.91 Å². The Hall–Kier alpha value is -1.43. The second-order valence-corrected chi connectivity index (χ2v) is 2.73. The zero-order chi connectivity index (χ0) is 9.84. The lowest BCUT2D eigenvalue weighted by molar-refractivity contribution is -0.118. The Morgan fingerprint density at radius 2 is 2.54 bits per heavy atom. The Kier molecular flexibility index (Phi) is 2.97. The van der Waals surface area contributed by atoms with Crippen molar-refractivity contribution in [3.8, 4) is 0 Å². The first-order chi connectivity index (χ1) is 6.13. The Labute approximate surface area is 75.3 Å². The van der Waals surface area contributed by atoms with E-state index in [1.54, 1.807) is 0 Å². The summed E-state index contributed by atoms with van der Waals surface area (Å²) in [6.07, 6.45) is 1.45. The van der Waals surface area contributed by atoms with Crippen LogP contribution >= 0.6 is 0 Å². The van der Waals surface area contributed by atoms with Crippen LogP contribution in [0.5, 0.6) is 0 Å². The molecule has 1 aromatic rings. The summed E-state index contributed by atoms with van der Waals surface area (Å²) < 4.78 is 1.30. The summed E-state index contributed by atoms with van der Waals surface area (Å²) in [5, 5.41) is 16.7.